The highest BCUT2D eigenvalue weighted by molar-refractivity contribution is 6.31. The first-order chi connectivity index (χ1) is 18.3. The van der Waals surface area contributed by atoms with Gasteiger partial charge in [0.15, 0.2) is 5.65 Å². The van der Waals surface area contributed by atoms with Crippen LogP contribution in [0.5, 0.6) is 5.75 Å². The van der Waals surface area contributed by atoms with E-state index in [1.807, 2.05) is 25.1 Å². The lowest BCUT2D eigenvalue weighted by Gasteiger charge is -2.26. The van der Waals surface area contributed by atoms with Gasteiger partial charge in [0.2, 0.25) is 0 Å². The average Bonchev–Trinajstić information content (AvgIpc) is 3.36. The predicted octanol–water partition coefficient (Wildman–Crippen LogP) is 3.80. The lowest BCUT2D eigenvalue weighted by molar-refractivity contribution is 0.179. The summed E-state index contributed by atoms with van der Waals surface area (Å²) in [7, 11) is 0. The molecule has 0 amide bonds. The van der Waals surface area contributed by atoms with Gasteiger partial charge in [0, 0.05) is 54.6 Å². The SMILES string of the molecule is Cc1cc(Cl)cc(-c2cnc3ncn(-c4cc(O)cc(F)c4)c(=O)c3c2CN(CCO)C[C@@H]2CCCN2)c1. The molecule has 4 aromatic rings. The summed E-state index contributed by atoms with van der Waals surface area (Å²) in [6, 6.07) is 9.39. The number of aryl methyl sites for hydroxylation is 1. The molecule has 38 heavy (non-hydrogen) atoms. The number of benzene rings is 2. The van der Waals surface area contributed by atoms with E-state index in [0.29, 0.717) is 30.2 Å². The van der Waals surface area contributed by atoms with Gasteiger partial charge >= 0.3 is 0 Å². The molecule has 5 rings (SSSR count). The molecule has 1 aliphatic rings. The molecule has 10 heteroatoms. The minimum absolute atomic E-state index is 0.0353. The number of aromatic nitrogens is 3. The van der Waals surface area contributed by atoms with Crippen LogP contribution in [-0.2, 0) is 6.54 Å². The third-order valence-electron chi connectivity index (χ3n) is 6.83. The van der Waals surface area contributed by atoms with Gasteiger partial charge in [0.1, 0.15) is 17.9 Å². The van der Waals surface area contributed by atoms with Crippen molar-refractivity contribution in [2.24, 2.45) is 0 Å². The maximum absolute atomic E-state index is 14.1. The van der Waals surface area contributed by atoms with E-state index < -0.39 is 11.4 Å². The summed E-state index contributed by atoms with van der Waals surface area (Å²) in [6.45, 7) is 4.34. The van der Waals surface area contributed by atoms with Gasteiger partial charge in [-0.2, -0.15) is 0 Å². The molecular formula is C28H29ClFN5O3. The normalized spacial score (nSPS) is 15.6. The molecule has 2 aromatic heterocycles. The molecule has 198 valence electrons. The summed E-state index contributed by atoms with van der Waals surface area (Å²) < 4.78 is 15.3. The van der Waals surface area contributed by atoms with Gasteiger partial charge in [-0.3, -0.25) is 14.3 Å². The molecule has 0 unspecified atom stereocenters. The second-order valence-electron chi connectivity index (χ2n) is 9.71. The van der Waals surface area contributed by atoms with Crippen LogP contribution >= 0.6 is 11.6 Å². The van der Waals surface area contributed by atoms with Crippen LogP contribution in [0.1, 0.15) is 24.0 Å². The number of phenolic OH excluding ortho intramolecular Hbond substituents is 1. The van der Waals surface area contributed by atoms with Crippen LogP contribution in [0.3, 0.4) is 0 Å². The number of nitrogens with one attached hydrogen (secondary N) is 1. The van der Waals surface area contributed by atoms with Crippen molar-refractivity contribution in [1.82, 2.24) is 24.8 Å². The molecule has 3 heterocycles. The van der Waals surface area contributed by atoms with Gasteiger partial charge in [-0.1, -0.05) is 17.7 Å². The second-order valence-corrected chi connectivity index (χ2v) is 10.1. The van der Waals surface area contributed by atoms with Crippen molar-refractivity contribution in [3.05, 3.63) is 81.2 Å². The molecule has 0 aliphatic carbocycles. The zero-order valence-electron chi connectivity index (χ0n) is 21.0. The Morgan fingerprint density at radius 2 is 2.05 bits per heavy atom. The summed E-state index contributed by atoms with van der Waals surface area (Å²) in [5.74, 6) is -0.974. The quantitative estimate of drug-likeness (QED) is 0.314. The van der Waals surface area contributed by atoms with Gasteiger partial charge in [0.05, 0.1) is 17.7 Å². The van der Waals surface area contributed by atoms with Crippen LogP contribution in [0.25, 0.3) is 27.8 Å². The number of rotatable bonds is 8. The molecule has 8 nitrogen and oxygen atoms in total. The van der Waals surface area contributed by atoms with E-state index in [0.717, 1.165) is 48.2 Å². The van der Waals surface area contributed by atoms with Crippen molar-refractivity contribution in [3.63, 3.8) is 0 Å². The van der Waals surface area contributed by atoms with Crippen LogP contribution in [0.2, 0.25) is 5.02 Å². The Morgan fingerprint density at radius 1 is 1.21 bits per heavy atom. The van der Waals surface area contributed by atoms with Gasteiger partial charge in [0.25, 0.3) is 5.56 Å². The number of aliphatic hydroxyl groups is 1. The van der Waals surface area contributed by atoms with E-state index >= 15 is 0 Å². The van der Waals surface area contributed by atoms with Gasteiger partial charge in [-0.25, -0.2) is 14.4 Å². The monoisotopic (exact) mass is 537 g/mol. The Kier molecular flexibility index (Phi) is 7.71. The first-order valence-corrected chi connectivity index (χ1v) is 12.9. The van der Waals surface area contributed by atoms with Crippen LogP contribution in [0.15, 0.2) is 53.7 Å². The molecule has 1 saturated heterocycles. The first kappa shape index (κ1) is 26.2. The van der Waals surface area contributed by atoms with Crippen molar-refractivity contribution >= 4 is 22.6 Å². The molecule has 1 fully saturated rings. The lowest BCUT2D eigenvalue weighted by atomic mass is 9.97. The first-order valence-electron chi connectivity index (χ1n) is 12.6. The maximum Gasteiger partial charge on any atom is 0.267 e. The van der Waals surface area contributed by atoms with Crippen molar-refractivity contribution in [3.8, 4) is 22.6 Å². The van der Waals surface area contributed by atoms with Crippen LogP contribution in [0.4, 0.5) is 4.39 Å². The third kappa shape index (κ3) is 5.56. The minimum Gasteiger partial charge on any atom is -0.508 e. The third-order valence-corrected chi connectivity index (χ3v) is 7.05. The molecule has 0 radical (unpaired) electrons. The highest BCUT2D eigenvalue weighted by Gasteiger charge is 2.23. The average molecular weight is 538 g/mol. The number of hydrogen-bond donors (Lipinski definition) is 3. The number of pyridine rings is 1. The predicted molar refractivity (Wildman–Crippen MR) is 145 cm³/mol. The van der Waals surface area contributed by atoms with E-state index in [-0.39, 0.29) is 35.1 Å². The van der Waals surface area contributed by atoms with E-state index in [1.54, 1.807) is 6.20 Å². The number of aromatic hydroxyl groups is 1. The Bertz CT molecular complexity index is 1490. The van der Waals surface area contributed by atoms with Crippen molar-refractivity contribution in [1.29, 1.82) is 0 Å². The second kappa shape index (κ2) is 11.2. The number of phenols is 1. The molecule has 2 aromatic carbocycles. The van der Waals surface area contributed by atoms with Crippen molar-refractivity contribution < 1.29 is 14.6 Å². The highest BCUT2D eigenvalue weighted by Crippen LogP contribution is 2.31. The number of halogens is 2. The maximum atomic E-state index is 14.1. The van der Waals surface area contributed by atoms with Crippen molar-refractivity contribution in [2.75, 3.05) is 26.2 Å². The highest BCUT2D eigenvalue weighted by atomic mass is 35.5. The fourth-order valence-corrected chi connectivity index (χ4v) is 5.45. The van der Waals surface area contributed by atoms with E-state index in [4.69, 9.17) is 11.6 Å². The number of hydrogen-bond acceptors (Lipinski definition) is 7. The Labute approximate surface area is 224 Å². The van der Waals surface area contributed by atoms with Crippen LogP contribution in [-0.4, -0.2) is 61.9 Å². The van der Waals surface area contributed by atoms with Crippen LogP contribution < -0.4 is 10.9 Å². The number of fused-ring (bicyclic) bond motifs is 1. The fraction of sp³-hybridized carbons (Fsp3) is 0.321. The Hall–Kier alpha value is -3.37. The summed E-state index contributed by atoms with van der Waals surface area (Å²) in [5.41, 5.74) is 3.15. The molecule has 0 saturated carbocycles. The summed E-state index contributed by atoms with van der Waals surface area (Å²) >= 11 is 6.40. The summed E-state index contributed by atoms with van der Waals surface area (Å²) in [4.78, 5) is 25.0. The smallest absolute Gasteiger partial charge is 0.267 e. The van der Waals surface area contributed by atoms with Crippen molar-refractivity contribution in [2.45, 2.75) is 32.4 Å². The molecule has 0 bridgehead atoms. The molecular weight excluding hydrogens is 509 g/mol. The molecule has 1 atom stereocenters. The fourth-order valence-electron chi connectivity index (χ4n) is 5.16. The standard InChI is InChI=1S/C28H29ClFN5O3/c1-17-7-18(9-19(29)8-17)24-13-32-27-26(25(24)15-34(5-6-36)14-21-3-2-4-31-21)28(38)35(16-33-27)22-10-20(30)11-23(37)12-22/h7-13,16,21,31,36-37H,2-6,14-15H2,1H3/t21-/m0/s1. The molecule has 1 aliphatic heterocycles. The van der Waals surface area contributed by atoms with Gasteiger partial charge in [-0.15, -0.1) is 0 Å². The zero-order chi connectivity index (χ0) is 26.8. The zero-order valence-corrected chi connectivity index (χ0v) is 21.7. The largest absolute Gasteiger partial charge is 0.508 e. The number of aliphatic hydroxyl groups excluding tert-OH is 1. The van der Waals surface area contributed by atoms with E-state index in [1.165, 1.54) is 17.0 Å². The molecule has 0 spiro atoms. The Balaban J connectivity index is 1.72. The van der Waals surface area contributed by atoms with Gasteiger partial charge in [-0.05, 0) is 61.2 Å². The topological polar surface area (TPSA) is 104 Å². The molecule has 3 N–H and O–H groups in total. The summed E-state index contributed by atoms with van der Waals surface area (Å²) in [6.07, 6.45) is 5.11. The summed E-state index contributed by atoms with van der Waals surface area (Å²) in [5, 5.41) is 24.1. The lowest BCUT2D eigenvalue weighted by Crippen LogP contribution is -2.39. The van der Waals surface area contributed by atoms with Gasteiger partial charge < -0.3 is 15.5 Å². The van der Waals surface area contributed by atoms with E-state index in [2.05, 4.69) is 20.2 Å². The van der Waals surface area contributed by atoms with E-state index in [9.17, 15) is 19.4 Å². The minimum atomic E-state index is -0.674. The Morgan fingerprint density at radius 3 is 2.76 bits per heavy atom. The van der Waals surface area contributed by atoms with Crippen LogP contribution in [0, 0.1) is 12.7 Å². The number of nitrogens with zero attached hydrogens (tertiary/aromatic N) is 4.